The Kier molecular flexibility index (Phi) is 25.8. The van der Waals surface area contributed by atoms with Gasteiger partial charge in [-0.2, -0.15) is 0 Å². The fraction of sp³-hybridized carbons (Fsp3) is 1.00. The molecule has 0 aromatic rings. The van der Waals surface area contributed by atoms with Crippen LogP contribution in [0.25, 0.3) is 0 Å². The SMILES string of the molecule is CC.CCC(C)C.CCCC(C)C. The van der Waals surface area contributed by atoms with Gasteiger partial charge >= 0.3 is 0 Å². The lowest BCUT2D eigenvalue weighted by molar-refractivity contribution is 0.576. The van der Waals surface area contributed by atoms with Crippen LogP contribution in [0.3, 0.4) is 0 Å². The van der Waals surface area contributed by atoms with Gasteiger partial charge < -0.3 is 0 Å². The molecule has 0 nitrogen and oxygen atoms in total. The highest BCUT2D eigenvalue weighted by molar-refractivity contribution is 4.38. The van der Waals surface area contributed by atoms with Crippen LogP contribution in [0.15, 0.2) is 0 Å². The Morgan fingerprint density at radius 3 is 1.08 bits per heavy atom. The minimum Gasteiger partial charge on any atom is -0.0683 e. The summed E-state index contributed by atoms with van der Waals surface area (Å²) in [4.78, 5) is 0. The van der Waals surface area contributed by atoms with Crippen molar-refractivity contribution in [1.82, 2.24) is 0 Å². The van der Waals surface area contributed by atoms with Crippen LogP contribution in [-0.2, 0) is 0 Å². The fourth-order valence-corrected chi connectivity index (χ4v) is 0.577. The highest BCUT2D eigenvalue weighted by Gasteiger charge is 1.85. The molecule has 0 amide bonds. The average molecular weight is 188 g/mol. The van der Waals surface area contributed by atoms with E-state index in [0.29, 0.717) is 0 Å². The lowest BCUT2D eigenvalue weighted by Crippen LogP contribution is -1.81. The molecule has 0 bridgehead atoms. The molecular formula is C13H32. The summed E-state index contributed by atoms with van der Waals surface area (Å²) in [5.41, 5.74) is 0. The zero-order chi connectivity index (χ0) is 11.3. The van der Waals surface area contributed by atoms with E-state index in [-0.39, 0.29) is 0 Å². The summed E-state index contributed by atoms with van der Waals surface area (Å²) in [6, 6.07) is 0. The third kappa shape index (κ3) is 48.0. The maximum atomic E-state index is 2.25. The van der Waals surface area contributed by atoms with Gasteiger partial charge in [0.25, 0.3) is 0 Å². The molecule has 0 aliphatic carbocycles. The first-order chi connectivity index (χ1) is 6.04. The van der Waals surface area contributed by atoms with E-state index in [1.54, 1.807) is 0 Å². The molecule has 0 spiro atoms. The summed E-state index contributed by atoms with van der Waals surface area (Å²) >= 11 is 0. The van der Waals surface area contributed by atoms with E-state index in [2.05, 4.69) is 41.5 Å². The summed E-state index contributed by atoms with van der Waals surface area (Å²) in [6.07, 6.45) is 4.01. The van der Waals surface area contributed by atoms with Gasteiger partial charge in [0.05, 0.1) is 0 Å². The normalized spacial score (nSPS) is 8.77. The van der Waals surface area contributed by atoms with Crippen molar-refractivity contribution < 1.29 is 0 Å². The number of hydrogen-bond donors (Lipinski definition) is 0. The van der Waals surface area contributed by atoms with Gasteiger partial charge in [0.1, 0.15) is 0 Å². The summed E-state index contributed by atoms with van der Waals surface area (Å²) in [7, 11) is 0. The molecule has 0 aromatic heterocycles. The van der Waals surface area contributed by atoms with Crippen molar-refractivity contribution in [3.05, 3.63) is 0 Å². The van der Waals surface area contributed by atoms with Crippen LogP contribution in [0.1, 0.15) is 74.7 Å². The van der Waals surface area contributed by atoms with Crippen molar-refractivity contribution in [2.45, 2.75) is 74.7 Å². The predicted octanol–water partition coefficient (Wildman–Crippen LogP) is 5.52. The molecule has 0 fully saturated rings. The van der Waals surface area contributed by atoms with E-state index < -0.39 is 0 Å². The van der Waals surface area contributed by atoms with Gasteiger partial charge in [0.15, 0.2) is 0 Å². The second-order valence-corrected chi connectivity index (χ2v) is 3.98. The molecular weight excluding hydrogens is 156 g/mol. The summed E-state index contributed by atoms with van der Waals surface area (Å²) in [6.45, 7) is 17.4. The smallest absolute Gasteiger partial charge is 0.0471 e. The first kappa shape index (κ1) is 18.7. The third-order valence-corrected chi connectivity index (χ3v) is 1.68. The summed E-state index contributed by atoms with van der Waals surface area (Å²) < 4.78 is 0. The van der Waals surface area contributed by atoms with Crippen LogP contribution in [0.4, 0.5) is 0 Å². The molecule has 0 N–H and O–H groups in total. The zero-order valence-corrected chi connectivity index (χ0v) is 11.3. The van der Waals surface area contributed by atoms with Gasteiger partial charge in [-0.3, -0.25) is 0 Å². The molecule has 0 heterocycles. The van der Waals surface area contributed by atoms with Gasteiger partial charge in [0.2, 0.25) is 0 Å². The Morgan fingerprint density at radius 1 is 0.769 bits per heavy atom. The van der Waals surface area contributed by atoms with E-state index in [4.69, 9.17) is 0 Å². The lowest BCUT2D eigenvalue weighted by Gasteiger charge is -1.95. The minimum atomic E-state index is 0.884. The molecule has 0 radical (unpaired) electrons. The van der Waals surface area contributed by atoms with Crippen LogP contribution in [0, 0.1) is 11.8 Å². The van der Waals surface area contributed by atoms with Crippen molar-refractivity contribution in [1.29, 1.82) is 0 Å². The first-order valence-electron chi connectivity index (χ1n) is 6.04. The second-order valence-electron chi connectivity index (χ2n) is 3.98. The highest BCUT2D eigenvalue weighted by atomic mass is 13.9. The van der Waals surface area contributed by atoms with Crippen LogP contribution in [0.5, 0.6) is 0 Å². The minimum absolute atomic E-state index is 0.884. The Bertz CT molecular complexity index is 53.1. The van der Waals surface area contributed by atoms with Gasteiger partial charge in [-0.15, -0.1) is 0 Å². The van der Waals surface area contributed by atoms with Gasteiger partial charge in [-0.25, -0.2) is 0 Å². The predicted molar refractivity (Wildman–Crippen MR) is 66.2 cm³/mol. The lowest BCUT2D eigenvalue weighted by atomic mass is 10.1. The van der Waals surface area contributed by atoms with E-state index in [1.807, 2.05) is 13.8 Å². The van der Waals surface area contributed by atoms with Crippen LogP contribution in [-0.4, -0.2) is 0 Å². The third-order valence-electron chi connectivity index (χ3n) is 1.68. The fourth-order valence-electron chi connectivity index (χ4n) is 0.577. The molecule has 84 valence electrons. The number of hydrogen-bond acceptors (Lipinski definition) is 0. The average Bonchev–Trinajstić information content (AvgIpc) is 2.09. The molecule has 0 unspecified atom stereocenters. The van der Waals surface area contributed by atoms with Gasteiger partial charge in [0, 0.05) is 0 Å². The van der Waals surface area contributed by atoms with E-state index in [9.17, 15) is 0 Å². The van der Waals surface area contributed by atoms with Gasteiger partial charge in [-0.05, 0) is 11.8 Å². The van der Waals surface area contributed by atoms with E-state index in [1.165, 1.54) is 19.3 Å². The van der Waals surface area contributed by atoms with E-state index >= 15 is 0 Å². The summed E-state index contributed by atoms with van der Waals surface area (Å²) in [5.74, 6) is 1.78. The molecule has 0 aromatic carbocycles. The Hall–Kier alpha value is 0. The molecule has 0 heteroatoms. The molecule has 0 aliphatic heterocycles. The largest absolute Gasteiger partial charge is 0.0683 e. The molecule has 13 heavy (non-hydrogen) atoms. The molecule has 0 aliphatic rings. The Balaban J connectivity index is -0.000000131. The van der Waals surface area contributed by atoms with Crippen molar-refractivity contribution in [2.24, 2.45) is 11.8 Å². The standard InChI is InChI=1S/C6H14.C5H12.C2H6/c1-4-5-6(2)3;1-4-5(2)3;1-2/h6H,4-5H2,1-3H3;5H,4H2,1-3H3;1-2H3. The number of rotatable bonds is 3. The van der Waals surface area contributed by atoms with Crippen molar-refractivity contribution in [2.75, 3.05) is 0 Å². The van der Waals surface area contributed by atoms with Crippen LogP contribution < -0.4 is 0 Å². The Morgan fingerprint density at radius 2 is 1.08 bits per heavy atom. The van der Waals surface area contributed by atoms with E-state index in [0.717, 1.165) is 11.8 Å². The zero-order valence-electron chi connectivity index (χ0n) is 11.3. The quantitative estimate of drug-likeness (QED) is 0.547. The maximum absolute atomic E-state index is 2.25. The molecule has 0 atom stereocenters. The second kappa shape index (κ2) is 17.9. The molecule has 0 rings (SSSR count). The van der Waals surface area contributed by atoms with Crippen molar-refractivity contribution >= 4 is 0 Å². The molecule has 0 saturated carbocycles. The topological polar surface area (TPSA) is 0 Å². The monoisotopic (exact) mass is 188 g/mol. The molecule has 0 saturated heterocycles. The van der Waals surface area contributed by atoms with Crippen LogP contribution in [0.2, 0.25) is 0 Å². The first-order valence-corrected chi connectivity index (χ1v) is 6.04. The summed E-state index contributed by atoms with van der Waals surface area (Å²) in [5, 5.41) is 0. The highest BCUT2D eigenvalue weighted by Crippen LogP contribution is 2.00. The maximum Gasteiger partial charge on any atom is -0.0471 e. The van der Waals surface area contributed by atoms with Crippen molar-refractivity contribution in [3.63, 3.8) is 0 Å². The van der Waals surface area contributed by atoms with Crippen molar-refractivity contribution in [3.8, 4) is 0 Å². The van der Waals surface area contributed by atoms with Crippen LogP contribution >= 0.6 is 0 Å². The Labute approximate surface area is 87.1 Å². The van der Waals surface area contributed by atoms with Gasteiger partial charge in [-0.1, -0.05) is 74.7 Å².